The van der Waals surface area contributed by atoms with Gasteiger partial charge in [-0.05, 0) is 25.0 Å². The number of ether oxygens (including phenoxy) is 2. The summed E-state index contributed by atoms with van der Waals surface area (Å²) in [6.45, 7) is 0.290. The van der Waals surface area contributed by atoms with Gasteiger partial charge in [-0.15, -0.1) is 5.10 Å². The Morgan fingerprint density at radius 3 is 2.91 bits per heavy atom. The maximum Gasteiger partial charge on any atom is 0.252 e. The highest BCUT2D eigenvalue weighted by molar-refractivity contribution is 8.03. The Balaban J connectivity index is 1.45. The number of thioether (sulfide) groups is 1. The number of rotatable bonds is 3. The van der Waals surface area contributed by atoms with Crippen LogP contribution in [0.25, 0.3) is 0 Å². The van der Waals surface area contributed by atoms with Crippen molar-refractivity contribution in [1.29, 1.82) is 0 Å². The van der Waals surface area contributed by atoms with Gasteiger partial charge in [0.15, 0.2) is 6.61 Å². The lowest BCUT2D eigenvalue weighted by Crippen LogP contribution is -2.39. The highest BCUT2D eigenvalue weighted by atomic mass is 35.5. The zero-order valence-corrected chi connectivity index (χ0v) is 13.7. The molecule has 22 heavy (non-hydrogen) atoms. The number of hydrogen-bond donors (Lipinski definition) is 0. The highest BCUT2D eigenvalue weighted by Crippen LogP contribution is 2.51. The van der Waals surface area contributed by atoms with Crippen LogP contribution >= 0.6 is 23.4 Å². The van der Waals surface area contributed by atoms with Crippen LogP contribution in [-0.2, 0) is 4.74 Å². The predicted molar refractivity (Wildman–Crippen MR) is 88.8 cm³/mol. The fourth-order valence-corrected chi connectivity index (χ4v) is 4.53. The Morgan fingerprint density at radius 1 is 1.27 bits per heavy atom. The van der Waals surface area contributed by atoms with Crippen molar-refractivity contribution in [3.05, 3.63) is 40.6 Å². The lowest BCUT2D eigenvalue weighted by Gasteiger charge is -2.37. The average molecular weight is 337 g/mol. The molecule has 0 saturated heterocycles. The summed E-state index contributed by atoms with van der Waals surface area (Å²) in [5, 5.41) is 9.38. The molecule has 1 spiro atoms. The van der Waals surface area contributed by atoms with E-state index in [1.165, 1.54) is 19.3 Å². The van der Waals surface area contributed by atoms with Gasteiger partial charge in [0.25, 0.3) is 5.90 Å². The molecule has 1 aromatic carbocycles. The van der Waals surface area contributed by atoms with Gasteiger partial charge in [0.1, 0.15) is 10.6 Å². The molecule has 2 aliphatic heterocycles. The lowest BCUT2D eigenvalue weighted by atomic mass is 9.94. The van der Waals surface area contributed by atoms with Gasteiger partial charge >= 0.3 is 0 Å². The molecule has 0 atom stereocenters. The van der Waals surface area contributed by atoms with E-state index in [1.807, 2.05) is 36.0 Å². The number of fused-ring (bicyclic) bond motifs is 2. The van der Waals surface area contributed by atoms with Crippen LogP contribution in [0.3, 0.4) is 0 Å². The van der Waals surface area contributed by atoms with Crippen LogP contribution in [0, 0.1) is 0 Å². The van der Waals surface area contributed by atoms with Crippen molar-refractivity contribution in [3.8, 4) is 5.75 Å². The van der Waals surface area contributed by atoms with Crippen LogP contribution in [0.5, 0.6) is 5.75 Å². The maximum absolute atomic E-state index is 6.09. The highest BCUT2D eigenvalue weighted by Gasteiger charge is 2.47. The number of nitrogens with zero attached hydrogens (tertiary/aromatic N) is 2. The lowest BCUT2D eigenvalue weighted by molar-refractivity contribution is 0.149. The summed E-state index contributed by atoms with van der Waals surface area (Å²) in [6, 6.07) is 7.43. The first-order chi connectivity index (χ1) is 10.8. The Kier molecular flexibility index (Phi) is 3.70. The number of hydrogen-bond acceptors (Lipinski definition) is 5. The summed E-state index contributed by atoms with van der Waals surface area (Å²) >= 11 is 7.94. The molecular weight excluding hydrogens is 320 g/mol. The number of benzene rings is 1. The van der Waals surface area contributed by atoms with Gasteiger partial charge in [-0.3, -0.25) is 0 Å². The van der Waals surface area contributed by atoms with Crippen LogP contribution in [-0.4, -0.2) is 22.4 Å². The summed E-state index contributed by atoms with van der Waals surface area (Å²) in [5.74, 6) is 2.08. The first kappa shape index (κ1) is 14.3. The molecular formula is C16H17ClN2O2S. The molecule has 1 aromatic rings. The molecule has 0 aromatic heterocycles. The van der Waals surface area contributed by atoms with Gasteiger partial charge in [-0.1, -0.05) is 54.8 Å². The standard InChI is InChI=1S/C16H17ClN2O2S/c17-12-6-2-3-7-13(12)20-10-14-18-19-15(21-14)11-22-16(19)8-4-1-5-9-16/h2-3,6-7,11H,1,4-5,8-10H2. The SMILES string of the molecule is Clc1ccccc1OCC1=NN2C(=CSC23CCCCC3)O1. The summed E-state index contributed by atoms with van der Waals surface area (Å²) in [6.07, 6.45) is 6.14. The van der Waals surface area contributed by atoms with E-state index in [9.17, 15) is 0 Å². The van der Waals surface area contributed by atoms with Crippen molar-refractivity contribution in [2.24, 2.45) is 5.10 Å². The minimum Gasteiger partial charge on any atom is -0.482 e. The Morgan fingerprint density at radius 2 is 2.09 bits per heavy atom. The van der Waals surface area contributed by atoms with E-state index in [0.717, 1.165) is 18.7 Å². The quantitative estimate of drug-likeness (QED) is 0.809. The molecule has 0 N–H and O–H groups in total. The Hall–Kier alpha value is -1.33. The van der Waals surface area contributed by atoms with Crippen molar-refractivity contribution >= 4 is 29.3 Å². The van der Waals surface area contributed by atoms with Crippen molar-refractivity contribution in [2.45, 2.75) is 37.0 Å². The fourth-order valence-electron chi connectivity index (χ4n) is 3.11. The largest absolute Gasteiger partial charge is 0.482 e. The smallest absolute Gasteiger partial charge is 0.252 e. The topological polar surface area (TPSA) is 34.1 Å². The maximum atomic E-state index is 6.09. The summed E-state index contributed by atoms with van der Waals surface area (Å²) in [5.41, 5.74) is 0. The second kappa shape index (κ2) is 5.70. The molecule has 1 aliphatic carbocycles. The van der Waals surface area contributed by atoms with E-state index in [2.05, 4.69) is 15.5 Å². The van der Waals surface area contributed by atoms with E-state index in [1.54, 1.807) is 0 Å². The molecule has 0 bridgehead atoms. The van der Waals surface area contributed by atoms with Gasteiger partial charge in [0.05, 0.1) is 5.02 Å². The predicted octanol–water partition coefficient (Wildman–Crippen LogP) is 4.57. The molecule has 1 fully saturated rings. The molecule has 116 valence electrons. The summed E-state index contributed by atoms with van der Waals surface area (Å²) < 4.78 is 11.5. The van der Waals surface area contributed by atoms with Crippen LogP contribution in [0.1, 0.15) is 32.1 Å². The molecule has 1 saturated carbocycles. The van der Waals surface area contributed by atoms with E-state index in [-0.39, 0.29) is 4.87 Å². The van der Waals surface area contributed by atoms with Gasteiger partial charge in [0, 0.05) is 5.41 Å². The van der Waals surface area contributed by atoms with Gasteiger partial charge in [0.2, 0.25) is 5.88 Å². The minimum atomic E-state index is 0.0692. The Labute approximate surface area is 139 Å². The minimum absolute atomic E-state index is 0.0692. The van der Waals surface area contributed by atoms with Gasteiger partial charge in [-0.25, -0.2) is 5.01 Å². The molecule has 4 rings (SSSR count). The molecule has 2 heterocycles. The van der Waals surface area contributed by atoms with Crippen molar-refractivity contribution in [3.63, 3.8) is 0 Å². The second-order valence-corrected chi connectivity index (χ2v) is 7.35. The first-order valence-electron chi connectivity index (χ1n) is 7.58. The third-order valence-corrected chi connectivity index (χ3v) is 5.88. The van der Waals surface area contributed by atoms with Gasteiger partial charge < -0.3 is 9.47 Å². The summed E-state index contributed by atoms with van der Waals surface area (Å²) in [7, 11) is 0. The normalized spacial score (nSPS) is 22.1. The Bertz CT molecular complexity index is 641. The van der Waals surface area contributed by atoms with Crippen molar-refractivity contribution in [2.75, 3.05) is 6.61 Å². The van der Waals surface area contributed by atoms with Crippen molar-refractivity contribution < 1.29 is 9.47 Å². The van der Waals surface area contributed by atoms with Gasteiger partial charge in [-0.2, -0.15) is 0 Å². The molecule has 0 unspecified atom stereocenters. The number of hydrazone groups is 1. The summed E-state index contributed by atoms with van der Waals surface area (Å²) in [4.78, 5) is 0.0692. The van der Waals surface area contributed by atoms with Crippen molar-refractivity contribution in [1.82, 2.24) is 5.01 Å². The van der Waals surface area contributed by atoms with E-state index >= 15 is 0 Å². The number of halogens is 1. The molecule has 4 nitrogen and oxygen atoms in total. The molecule has 6 heteroatoms. The zero-order chi connectivity index (χ0) is 15.0. The monoisotopic (exact) mass is 336 g/mol. The molecule has 0 amide bonds. The van der Waals surface area contributed by atoms with E-state index < -0.39 is 0 Å². The zero-order valence-electron chi connectivity index (χ0n) is 12.1. The van der Waals surface area contributed by atoms with Crippen LogP contribution in [0.15, 0.2) is 40.7 Å². The number of para-hydroxylation sites is 1. The second-order valence-electron chi connectivity index (χ2n) is 5.71. The van der Waals surface area contributed by atoms with Crippen LogP contribution in [0.4, 0.5) is 0 Å². The van der Waals surface area contributed by atoms with E-state index in [4.69, 9.17) is 21.1 Å². The van der Waals surface area contributed by atoms with Crippen LogP contribution in [0.2, 0.25) is 5.02 Å². The average Bonchev–Trinajstić information content (AvgIpc) is 3.09. The van der Waals surface area contributed by atoms with Crippen LogP contribution < -0.4 is 4.74 Å². The third-order valence-electron chi connectivity index (χ3n) is 4.23. The fraction of sp³-hybridized carbons (Fsp3) is 0.438. The molecule has 3 aliphatic rings. The molecule has 0 radical (unpaired) electrons. The van der Waals surface area contributed by atoms with E-state index in [0.29, 0.717) is 23.3 Å². The third kappa shape index (κ3) is 2.46. The first-order valence-corrected chi connectivity index (χ1v) is 8.83.